The average Bonchev–Trinajstić information content (AvgIpc) is 2.75. The summed E-state index contributed by atoms with van der Waals surface area (Å²) in [4.78, 5) is 15.3. The molecule has 0 aliphatic rings. The fourth-order valence-corrected chi connectivity index (χ4v) is 1.75. The molecule has 2 aromatic rings. The smallest absolute Gasteiger partial charge is 0.262 e. The van der Waals surface area contributed by atoms with E-state index in [-0.39, 0.29) is 13.2 Å². The quantitative estimate of drug-likeness (QED) is 0.454. The molecule has 7 nitrogen and oxygen atoms in total. The molecule has 0 radical (unpaired) electrons. The van der Waals surface area contributed by atoms with Gasteiger partial charge in [-0.1, -0.05) is 6.07 Å². The van der Waals surface area contributed by atoms with Crippen molar-refractivity contribution in [3.8, 4) is 0 Å². The largest absolute Gasteiger partial charge is 0.390 e. The number of hydrogen-bond acceptors (Lipinski definition) is 5. The highest BCUT2D eigenvalue weighted by Gasteiger charge is 2.13. The summed E-state index contributed by atoms with van der Waals surface area (Å²) in [5, 5.41) is 20.5. The third kappa shape index (κ3) is 2.13. The molecule has 0 saturated carbocycles. The van der Waals surface area contributed by atoms with E-state index < -0.39 is 5.91 Å². The lowest BCUT2D eigenvalue weighted by Gasteiger charge is -2.06. The molecule has 0 aliphatic carbocycles. The van der Waals surface area contributed by atoms with Crippen molar-refractivity contribution in [3.63, 3.8) is 0 Å². The number of nitrogens with zero attached hydrogens (tertiary/aromatic N) is 2. The summed E-state index contributed by atoms with van der Waals surface area (Å²) < 4.78 is 1.76. The van der Waals surface area contributed by atoms with Crippen LogP contribution in [-0.2, 0) is 11.4 Å². The molecule has 0 unspecified atom stereocenters. The van der Waals surface area contributed by atoms with Gasteiger partial charge < -0.3 is 10.4 Å². The first-order valence-corrected chi connectivity index (χ1v) is 5.41. The predicted octanol–water partition coefficient (Wildman–Crippen LogP) is 0.0523. The highest BCUT2D eigenvalue weighted by molar-refractivity contribution is 5.79. The van der Waals surface area contributed by atoms with Crippen molar-refractivity contribution >= 4 is 17.4 Å². The summed E-state index contributed by atoms with van der Waals surface area (Å²) in [6, 6.07) is 3.76. The second kappa shape index (κ2) is 5.03. The highest BCUT2D eigenvalue weighted by atomic mass is 16.5. The molecule has 0 fully saturated rings. The van der Waals surface area contributed by atoms with Gasteiger partial charge in [-0.2, -0.15) is 0 Å². The first kappa shape index (κ1) is 12.3. The normalized spacial score (nSPS) is 10.6. The molecule has 0 bridgehead atoms. The number of amides is 1. The number of carbonyl (C=O) groups excluding carboxylic acids is 1. The Morgan fingerprint density at radius 1 is 1.56 bits per heavy atom. The number of pyridine rings is 1. The van der Waals surface area contributed by atoms with Crippen LogP contribution in [-0.4, -0.2) is 32.2 Å². The molecule has 7 heteroatoms. The van der Waals surface area contributed by atoms with Crippen molar-refractivity contribution in [3.05, 3.63) is 29.6 Å². The minimum absolute atomic E-state index is 0.106. The minimum atomic E-state index is -0.568. The van der Waals surface area contributed by atoms with Crippen LogP contribution in [0.4, 0.5) is 5.82 Å². The molecule has 0 aromatic carbocycles. The molecule has 0 spiro atoms. The van der Waals surface area contributed by atoms with Gasteiger partial charge in [0, 0.05) is 6.20 Å². The van der Waals surface area contributed by atoms with E-state index in [1.807, 2.05) is 19.1 Å². The van der Waals surface area contributed by atoms with Crippen LogP contribution in [0, 0.1) is 6.92 Å². The van der Waals surface area contributed by atoms with Gasteiger partial charge in [0.2, 0.25) is 0 Å². The first-order chi connectivity index (χ1) is 8.67. The van der Waals surface area contributed by atoms with E-state index in [4.69, 9.17) is 5.21 Å². The van der Waals surface area contributed by atoms with E-state index in [1.54, 1.807) is 10.6 Å². The Balaban J connectivity index is 2.41. The molecule has 4 N–H and O–H groups in total. The van der Waals surface area contributed by atoms with Gasteiger partial charge in [-0.3, -0.25) is 14.4 Å². The summed E-state index contributed by atoms with van der Waals surface area (Å²) in [7, 11) is 0. The Labute approximate surface area is 103 Å². The lowest BCUT2D eigenvalue weighted by Crippen LogP contribution is -2.27. The third-order valence-corrected chi connectivity index (χ3v) is 2.61. The SMILES string of the molecule is Cc1cccn2c(NCC(=O)NO)c(CO)nc12. The summed E-state index contributed by atoms with van der Waals surface area (Å²) in [5.41, 5.74) is 3.67. The molecule has 18 heavy (non-hydrogen) atoms. The van der Waals surface area contributed by atoms with Crippen molar-refractivity contribution < 1.29 is 15.1 Å². The average molecular weight is 250 g/mol. The number of hydrogen-bond donors (Lipinski definition) is 4. The van der Waals surface area contributed by atoms with Crippen molar-refractivity contribution in [1.82, 2.24) is 14.9 Å². The number of anilines is 1. The topological polar surface area (TPSA) is 98.9 Å². The Bertz CT molecular complexity index is 579. The molecule has 2 heterocycles. The number of rotatable bonds is 4. The zero-order valence-corrected chi connectivity index (χ0v) is 9.84. The maximum absolute atomic E-state index is 11.0. The van der Waals surface area contributed by atoms with Crippen molar-refractivity contribution in [1.29, 1.82) is 0 Å². The van der Waals surface area contributed by atoms with E-state index in [1.165, 1.54) is 5.48 Å². The maximum atomic E-state index is 11.0. The van der Waals surface area contributed by atoms with E-state index in [0.717, 1.165) is 5.56 Å². The van der Waals surface area contributed by atoms with Gasteiger partial charge >= 0.3 is 0 Å². The van der Waals surface area contributed by atoms with Crippen LogP contribution in [0.1, 0.15) is 11.3 Å². The molecule has 96 valence electrons. The molecular formula is C11H14N4O3. The van der Waals surface area contributed by atoms with Gasteiger partial charge in [-0.15, -0.1) is 0 Å². The van der Waals surface area contributed by atoms with Gasteiger partial charge in [0.25, 0.3) is 5.91 Å². The van der Waals surface area contributed by atoms with E-state index in [0.29, 0.717) is 17.2 Å². The monoisotopic (exact) mass is 250 g/mol. The Morgan fingerprint density at radius 3 is 3.00 bits per heavy atom. The highest BCUT2D eigenvalue weighted by Crippen LogP contribution is 2.20. The number of fused-ring (bicyclic) bond motifs is 1. The van der Waals surface area contributed by atoms with Crippen LogP contribution < -0.4 is 10.8 Å². The van der Waals surface area contributed by atoms with E-state index in [2.05, 4.69) is 10.3 Å². The van der Waals surface area contributed by atoms with Crippen LogP contribution in [0.2, 0.25) is 0 Å². The second-order valence-corrected chi connectivity index (χ2v) is 3.84. The lowest BCUT2D eigenvalue weighted by molar-refractivity contribution is -0.127. The lowest BCUT2D eigenvalue weighted by atomic mass is 10.3. The van der Waals surface area contributed by atoms with Gasteiger partial charge in [0.1, 0.15) is 17.2 Å². The number of aliphatic hydroxyl groups excluding tert-OH is 1. The van der Waals surface area contributed by atoms with Crippen molar-refractivity contribution in [2.75, 3.05) is 11.9 Å². The Kier molecular flexibility index (Phi) is 3.45. The Morgan fingerprint density at radius 2 is 2.33 bits per heavy atom. The van der Waals surface area contributed by atoms with Crippen LogP contribution >= 0.6 is 0 Å². The zero-order chi connectivity index (χ0) is 13.1. The third-order valence-electron chi connectivity index (χ3n) is 2.61. The van der Waals surface area contributed by atoms with Crippen molar-refractivity contribution in [2.45, 2.75) is 13.5 Å². The first-order valence-electron chi connectivity index (χ1n) is 5.41. The number of nitrogens with one attached hydrogen (secondary N) is 2. The fraction of sp³-hybridized carbons (Fsp3) is 0.273. The second-order valence-electron chi connectivity index (χ2n) is 3.84. The fourth-order valence-electron chi connectivity index (χ4n) is 1.75. The van der Waals surface area contributed by atoms with Gasteiger partial charge in [0.05, 0.1) is 13.2 Å². The number of aryl methyl sites for hydroxylation is 1. The minimum Gasteiger partial charge on any atom is -0.390 e. The summed E-state index contributed by atoms with van der Waals surface area (Å²) in [6.45, 7) is 1.57. The number of imidazole rings is 1. The molecule has 0 atom stereocenters. The van der Waals surface area contributed by atoms with Crippen LogP contribution in [0.15, 0.2) is 18.3 Å². The summed E-state index contributed by atoms with van der Waals surface area (Å²) in [6.07, 6.45) is 1.79. The van der Waals surface area contributed by atoms with Crippen molar-refractivity contribution in [2.24, 2.45) is 0 Å². The molecule has 2 rings (SSSR count). The number of hydroxylamine groups is 1. The van der Waals surface area contributed by atoms with Gasteiger partial charge in [-0.25, -0.2) is 10.5 Å². The molecule has 0 saturated heterocycles. The van der Waals surface area contributed by atoms with E-state index >= 15 is 0 Å². The summed E-state index contributed by atoms with van der Waals surface area (Å²) >= 11 is 0. The molecule has 0 aliphatic heterocycles. The number of aliphatic hydroxyl groups is 1. The van der Waals surface area contributed by atoms with Gasteiger partial charge in [-0.05, 0) is 18.6 Å². The predicted molar refractivity (Wildman–Crippen MR) is 64.3 cm³/mol. The molecule has 2 aromatic heterocycles. The zero-order valence-electron chi connectivity index (χ0n) is 9.84. The maximum Gasteiger partial charge on any atom is 0.262 e. The van der Waals surface area contributed by atoms with Gasteiger partial charge in [0.15, 0.2) is 0 Å². The number of aromatic nitrogens is 2. The van der Waals surface area contributed by atoms with Crippen LogP contribution in [0.25, 0.3) is 5.65 Å². The number of carbonyl (C=O) groups is 1. The summed E-state index contributed by atoms with van der Waals surface area (Å²) in [5.74, 6) is -0.0266. The molecular weight excluding hydrogens is 236 g/mol. The van der Waals surface area contributed by atoms with E-state index in [9.17, 15) is 9.90 Å². The van der Waals surface area contributed by atoms with Crippen LogP contribution in [0.5, 0.6) is 0 Å². The Hall–Kier alpha value is -2.12. The molecule has 1 amide bonds. The van der Waals surface area contributed by atoms with Crippen LogP contribution in [0.3, 0.4) is 0 Å². The standard InChI is InChI=1S/C11H14N4O3/c1-7-3-2-4-15-10(7)13-8(6-16)11(15)12-5-9(17)14-18/h2-4,12,16,18H,5-6H2,1H3,(H,14,17).